The molecule has 2 amide bonds. The van der Waals surface area contributed by atoms with E-state index in [1.165, 1.54) is 4.57 Å². The molecular formula is C43H48ClF2N11O4. The zero-order valence-corrected chi connectivity index (χ0v) is 35.0. The Morgan fingerprint density at radius 2 is 1.80 bits per heavy atom. The zero-order chi connectivity index (χ0) is 42.3. The van der Waals surface area contributed by atoms with Gasteiger partial charge in [-0.1, -0.05) is 11.6 Å². The maximum Gasteiger partial charge on any atom is 0.301 e. The van der Waals surface area contributed by atoms with Crippen LogP contribution < -0.4 is 36.0 Å². The van der Waals surface area contributed by atoms with E-state index in [9.17, 15) is 14.4 Å². The number of benzene rings is 2. The van der Waals surface area contributed by atoms with Crippen molar-refractivity contribution in [1.29, 1.82) is 0 Å². The normalized spacial score (nSPS) is 24.4. The summed E-state index contributed by atoms with van der Waals surface area (Å²) in [5, 5.41) is 15.4. The standard InChI is InChI=1S/C43H48ClF2N11O4/c1-23-19-57(15-14-55(23)20-24-12-13-56(21-24)27-7-8-28-33(17-27)54(3)52-35(28)29-9-11-34(58)49-40(29)59)42-47-18-31(44)39(51-42)48-26-6-10-32-30(16-26)36-37(41(60)53(32)2)61-22-43(45,46)38(50-36)25-4-5-25/h6-8,10,16-18,23-25,29,38,50H,4-5,9,11-15,19-22H2,1-3H3,(H,47,48,51)(H,49,58,59). The van der Waals surface area contributed by atoms with Gasteiger partial charge in [-0.05, 0) is 80.8 Å². The van der Waals surface area contributed by atoms with Gasteiger partial charge < -0.3 is 29.7 Å². The highest BCUT2D eigenvalue weighted by Gasteiger charge is 2.51. The quantitative estimate of drug-likeness (QED) is 0.172. The average Bonchev–Trinajstić information content (AvgIpc) is 3.91. The van der Waals surface area contributed by atoms with Crippen molar-refractivity contribution in [1.82, 2.24) is 34.5 Å². The molecule has 5 aromatic rings. The van der Waals surface area contributed by atoms with Crippen molar-refractivity contribution in [3.8, 4) is 5.75 Å². The number of carbonyl (C=O) groups is 2. The molecular weight excluding hydrogens is 808 g/mol. The minimum absolute atomic E-state index is 0.109. The minimum Gasteiger partial charge on any atom is -0.480 e. The number of hydrogen-bond donors (Lipinski definition) is 3. The fourth-order valence-corrected chi connectivity index (χ4v) is 9.84. The predicted octanol–water partition coefficient (Wildman–Crippen LogP) is 5.39. The molecule has 320 valence electrons. The number of imide groups is 1. The van der Waals surface area contributed by atoms with E-state index in [4.69, 9.17) is 26.4 Å². The molecule has 1 saturated carbocycles. The van der Waals surface area contributed by atoms with Crippen molar-refractivity contribution < 1.29 is 23.1 Å². The molecule has 4 aliphatic heterocycles. The number of alkyl halides is 2. The molecule has 5 aliphatic rings. The van der Waals surface area contributed by atoms with Crippen LogP contribution in [-0.2, 0) is 23.7 Å². The summed E-state index contributed by atoms with van der Waals surface area (Å²) in [4.78, 5) is 54.2. The Kier molecular flexibility index (Phi) is 9.81. The molecule has 4 fully saturated rings. The van der Waals surface area contributed by atoms with Crippen LogP contribution in [0, 0.1) is 11.8 Å². The summed E-state index contributed by atoms with van der Waals surface area (Å²) >= 11 is 6.65. The van der Waals surface area contributed by atoms with Crippen LogP contribution in [-0.4, -0.2) is 105 Å². The molecule has 4 atom stereocenters. The molecule has 61 heavy (non-hydrogen) atoms. The second kappa shape index (κ2) is 15.1. The number of nitrogens with one attached hydrogen (secondary N) is 3. The number of ether oxygens (including phenoxy) is 1. The predicted molar refractivity (Wildman–Crippen MR) is 229 cm³/mol. The highest BCUT2D eigenvalue weighted by molar-refractivity contribution is 6.33. The van der Waals surface area contributed by atoms with Gasteiger partial charge in [0.1, 0.15) is 5.02 Å². The van der Waals surface area contributed by atoms with Crippen LogP contribution in [0.2, 0.25) is 5.02 Å². The molecule has 7 heterocycles. The van der Waals surface area contributed by atoms with E-state index in [0.29, 0.717) is 65.0 Å². The van der Waals surface area contributed by atoms with E-state index in [1.807, 2.05) is 11.7 Å². The first-order valence-electron chi connectivity index (χ1n) is 21.1. The number of piperidine rings is 1. The van der Waals surface area contributed by atoms with Crippen molar-refractivity contribution in [3.63, 3.8) is 0 Å². The van der Waals surface area contributed by atoms with Gasteiger partial charge in [0.05, 0.1) is 40.6 Å². The van der Waals surface area contributed by atoms with Crippen LogP contribution >= 0.6 is 11.6 Å². The molecule has 10 rings (SSSR count). The SMILES string of the molecule is CC1CN(c2ncc(Cl)c(Nc3ccc4c(c3)c3c(c(=O)n4C)OCC(F)(F)C(C4CC4)N3)n2)CCN1CC1CCN(c2ccc3c(C4CCC(=O)NC4=O)nn(C)c3c2)C1. The van der Waals surface area contributed by atoms with Gasteiger partial charge in [-0.3, -0.25) is 29.3 Å². The van der Waals surface area contributed by atoms with Crippen molar-refractivity contribution in [3.05, 3.63) is 63.7 Å². The van der Waals surface area contributed by atoms with E-state index in [0.717, 1.165) is 68.0 Å². The lowest BCUT2D eigenvalue weighted by molar-refractivity contribution is -0.134. The van der Waals surface area contributed by atoms with Crippen LogP contribution in [0.1, 0.15) is 50.6 Å². The lowest BCUT2D eigenvalue weighted by Gasteiger charge is -2.41. The summed E-state index contributed by atoms with van der Waals surface area (Å²) in [7, 11) is 3.50. The smallest absolute Gasteiger partial charge is 0.301 e. The number of halogens is 3. The number of anilines is 5. The monoisotopic (exact) mass is 855 g/mol. The highest BCUT2D eigenvalue weighted by Crippen LogP contribution is 2.46. The van der Waals surface area contributed by atoms with E-state index in [-0.39, 0.29) is 35.2 Å². The number of aryl methyl sites for hydroxylation is 2. The first-order valence-corrected chi connectivity index (χ1v) is 21.5. The van der Waals surface area contributed by atoms with E-state index < -0.39 is 30.0 Å². The maximum absolute atomic E-state index is 15.2. The summed E-state index contributed by atoms with van der Waals surface area (Å²) in [5.41, 5.74) is 3.81. The minimum atomic E-state index is -3.13. The molecule has 0 bridgehead atoms. The van der Waals surface area contributed by atoms with Gasteiger partial charge in [0.15, 0.2) is 12.4 Å². The zero-order valence-electron chi connectivity index (χ0n) is 34.3. The third-order valence-corrected chi connectivity index (χ3v) is 13.5. The summed E-state index contributed by atoms with van der Waals surface area (Å²) < 4.78 is 39.1. The van der Waals surface area contributed by atoms with Crippen LogP contribution in [0.15, 0.2) is 47.4 Å². The summed E-state index contributed by atoms with van der Waals surface area (Å²) in [6.07, 6.45) is 4.85. The Bertz CT molecular complexity index is 2650. The van der Waals surface area contributed by atoms with E-state index in [1.54, 1.807) is 31.4 Å². The number of pyridine rings is 1. The number of amides is 2. The third-order valence-electron chi connectivity index (χ3n) is 13.2. The maximum atomic E-state index is 15.2. The molecule has 18 heteroatoms. The Morgan fingerprint density at radius 3 is 2.59 bits per heavy atom. The van der Waals surface area contributed by atoms with Crippen LogP contribution in [0.3, 0.4) is 0 Å². The molecule has 4 unspecified atom stereocenters. The largest absolute Gasteiger partial charge is 0.480 e. The molecule has 3 saturated heterocycles. The number of hydrogen-bond acceptors (Lipinski definition) is 12. The van der Waals surface area contributed by atoms with E-state index in [2.05, 4.69) is 60.8 Å². The van der Waals surface area contributed by atoms with Crippen LogP contribution in [0.5, 0.6) is 5.75 Å². The molecule has 0 spiro atoms. The van der Waals surface area contributed by atoms with Crippen molar-refractivity contribution in [2.24, 2.45) is 25.9 Å². The Balaban J connectivity index is 0.798. The number of aromatic nitrogens is 5. The average molecular weight is 856 g/mol. The lowest BCUT2D eigenvalue weighted by Crippen LogP contribution is -2.53. The third kappa shape index (κ3) is 7.28. The molecule has 3 N–H and O–H groups in total. The second-order valence-electron chi connectivity index (χ2n) is 17.4. The van der Waals surface area contributed by atoms with Crippen molar-refractivity contribution >= 4 is 74.0 Å². The van der Waals surface area contributed by atoms with Gasteiger partial charge >= 0.3 is 5.92 Å². The number of carbonyl (C=O) groups excluding carboxylic acids is 2. The number of fused-ring (bicyclic) bond motifs is 4. The molecule has 1 aliphatic carbocycles. The van der Waals surface area contributed by atoms with Gasteiger partial charge in [-0.15, -0.1) is 0 Å². The summed E-state index contributed by atoms with van der Waals surface area (Å²) in [5.74, 6) is -2.92. The number of nitrogens with zero attached hydrogens (tertiary/aromatic N) is 8. The van der Waals surface area contributed by atoms with Gasteiger partial charge in [0.2, 0.25) is 23.5 Å². The number of rotatable bonds is 8. The lowest BCUT2D eigenvalue weighted by atomic mass is 9.93. The van der Waals surface area contributed by atoms with Gasteiger partial charge in [0, 0.05) is 88.0 Å². The first-order chi connectivity index (χ1) is 29.3. The van der Waals surface area contributed by atoms with Gasteiger partial charge in [-0.25, -0.2) is 13.8 Å². The van der Waals surface area contributed by atoms with Gasteiger partial charge in [-0.2, -0.15) is 10.1 Å². The molecule has 3 aromatic heterocycles. The highest BCUT2D eigenvalue weighted by atomic mass is 35.5. The second-order valence-corrected chi connectivity index (χ2v) is 17.8. The summed E-state index contributed by atoms with van der Waals surface area (Å²) in [6, 6.07) is 10.8. The molecule has 2 aromatic carbocycles. The van der Waals surface area contributed by atoms with E-state index >= 15 is 8.78 Å². The van der Waals surface area contributed by atoms with Crippen LogP contribution in [0.4, 0.5) is 37.6 Å². The molecule has 0 radical (unpaired) electrons. The Hall–Kier alpha value is -5.55. The fourth-order valence-electron chi connectivity index (χ4n) is 9.70. The van der Waals surface area contributed by atoms with Gasteiger partial charge in [0.25, 0.3) is 5.56 Å². The topological polar surface area (TPSA) is 155 Å². The Morgan fingerprint density at radius 1 is 0.967 bits per heavy atom. The van der Waals surface area contributed by atoms with Crippen LogP contribution in [0.25, 0.3) is 21.8 Å². The summed E-state index contributed by atoms with van der Waals surface area (Å²) in [6.45, 7) is 6.57. The first kappa shape index (κ1) is 39.6. The Labute approximate surface area is 355 Å². The van der Waals surface area contributed by atoms with Crippen molar-refractivity contribution in [2.75, 3.05) is 66.3 Å². The molecule has 15 nitrogen and oxygen atoms in total. The number of piperazine rings is 1. The fraction of sp³-hybridized carbons (Fsp3) is 0.488. The van der Waals surface area contributed by atoms with Crippen molar-refractivity contribution in [2.45, 2.75) is 63.0 Å².